The van der Waals surface area contributed by atoms with Gasteiger partial charge in [-0.25, -0.2) is 0 Å². The maximum atomic E-state index is 14.6. The minimum Gasteiger partial charge on any atom is -0.310 e. The fourth-order valence-corrected chi connectivity index (χ4v) is 3.95. The highest BCUT2D eigenvalue weighted by molar-refractivity contribution is 6.98. The summed E-state index contributed by atoms with van der Waals surface area (Å²) in [5.41, 5.74) is 2.76. The van der Waals surface area contributed by atoms with E-state index in [4.69, 9.17) is 0 Å². The summed E-state index contributed by atoms with van der Waals surface area (Å²) in [7, 11) is -1.90. The molecular formula is C18H18F9NO2Si. The van der Waals surface area contributed by atoms with Crippen LogP contribution in [0.1, 0.15) is 6.42 Å². The second-order valence-corrected chi connectivity index (χ2v) is 10.7. The van der Waals surface area contributed by atoms with Crippen LogP contribution in [-0.4, -0.2) is 45.3 Å². The van der Waals surface area contributed by atoms with E-state index in [1.807, 2.05) is 0 Å². The number of likely N-dealkylation sites (N-methyl/N-ethyl adjacent to an activating group) is 1. The molecule has 0 saturated carbocycles. The molecule has 0 aliphatic heterocycles. The van der Waals surface area contributed by atoms with E-state index in [9.17, 15) is 44.3 Å². The third-order valence-electron chi connectivity index (χ3n) is 4.34. The number of hydrogen-bond acceptors (Lipinski definition) is 2. The molecule has 3 nitrogen and oxygen atoms in total. The van der Waals surface area contributed by atoms with Gasteiger partial charge in [0.15, 0.2) is 0 Å². The zero-order valence-electron chi connectivity index (χ0n) is 16.3. The zero-order chi connectivity index (χ0) is 24.5. The van der Waals surface area contributed by atoms with Crippen LogP contribution in [-0.2, 0) is 9.53 Å². The van der Waals surface area contributed by atoms with Crippen LogP contribution in [0.3, 0.4) is 0 Å². The lowest BCUT2D eigenvalue weighted by Gasteiger charge is -2.33. The van der Waals surface area contributed by atoms with Crippen LogP contribution in [0.15, 0.2) is 48.8 Å². The van der Waals surface area contributed by atoms with Crippen LogP contribution >= 0.6 is 0 Å². The number of ether oxygens (including phenoxy) is 1. The minimum atomic E-state index is -6.41. The van der Waals surface area contributed by atoms with Crippen LogP contribution < -0.4 is 10.1 Å². The fourth-order valence-electron chi connectivity index (χ4n) is 2.40. The van der Waals surface area contributed by atoms with E-state index in [0.717, 1.165) is 6.07 Å². The summed E-state index contributed by atoms with van der Waals surface area (Å²) in [5, 5.41) is 0.481. The third-order valence-corrected chi connectivity index (χ3v) is 7.60. The number of alkyl halides is 9. The van der Waals surface area contributed by atoms with Crippen LogP contribution in [0, 0.1) is 0 Å². The molecule has 13 heteroatoms. The first kappa shape index (κ1) is 26.8. The molecule has 1 atom stereocenters. The maximum Gasteiger partial charge on any atom is 0.458 e. The molecule has 0 bridgehead atoms. The summed E-state index contributed by atoms with van der Waals surface area (Å²) in [6, 6.07) is 5.11. The van der Waals surface area contributed by atoms with Crippen LogP contribution in [0.25, 0.3) is 0 Å². The van der Waals surface area contributed by atoms with Gasteiger partial charge in [-0.15, -0.1) is 13.2 Å². The Bertz CT molecular complexity index is 830. The van der Waals surface area contributed by atoms with Gasteiger partial charge in [-0.05, 0) is 17.3 Å². The summed E-state index contributed by atoms with van der Waals surface area (Å²) in [4.78, 5) is 12.2. The van der Waals surface area contributed by atoms with Gasteiger partial charge in [-0.2, -0.15) is 39.5 Å². The second-order valence-electron chi connectivity index (χ2n) is 6.73. The van der Waals surface area contributed by atoms with Crippen molar-refractivity contribution in [2.75, 3.05) is 11.9 Å². The Kier molecular flexibility index (Phi) is 7.50. The molecule has 0 N–H and O–H groups in total. The minimum absolute atomic E-state index is 0.0294. The Morgan fingerprint density at radius 3 is 2.00 bits per heavy atom. The van der Waals surface area contributed by atoms with E-state index >= 15 is 0 Å². The normalized spacial score (nSPS) is 15.2. The van der Waals surface area contributed by atoms with Gasteiger partial charge >= 0.3 is 30.2 Å². The van der Waals surface area contributed by atoms with E-state index in [1.54, 1.807) is 17.9 Å². The fraction of sp³-hybridized carbons (Fsp3) is 0.389. The average Bonchev–Trinajstić information content (AvgIpc) is 2.62. The Morgan fingerprint density at radius 1 is 1.06 bits per heavy atom. The SMILES string of the molecule is C=C[Si](C)(C=C)c1cccc(N(C)C(=O)C(F)(OC(F)(F)CC(F)(F)F)C(F)(F)F)c1. The van der Waals surface area contributed by atoms with E-state index in [0.29, 0.717) is 12.2 Å². The molecule has 0 aliphatic rings. The molecule has 1 rings (SSSR count). The van der Waals surface area contributed by atoms with Gasteiger partial charge in [0.25, 0.3) is 0 Å². The first-order valence-electron chi connectivity index (χ1n) is 8.38. The molecule has 0 spiro atoms. The van der Waals surface area contributed by atoms with Crippen molar-refractivity contribution in [1.82, 2.24) is 0 Å². The number of nitrogens with zero attached hydrogens (tertiary/aromatic N) is 1. The quantitative estimate of drug-likeness (QED) is 0.380. The number of rotatable bonds is 8. The van der Waals surface area contributed by atoms with Gasteiger partial charge in [0.2, 0.25) is 0 Å². The van der Waals surface area contributed by atoms with E-state index < -0.39 is 44.7 Å². The monoisotopic (exact) mass is 479 g/mol. The second kappa shape index (κ2) is 8.69. The number of anilines is 1. The third kappa shape index (κ3) is 6.12. The van der Waals surface area contributed by atoms with Gasteiger partial charge < -0.3 is 4.90 Å². The van der Waals surface area contributed by atoms with Crippen LogP contribution in [0.2, 0.25) is 6.55 Å². The molecule has 0 radical (unpaired) electrons. The number of amides is 1. The lowest BCUT2D eigenvalue weighted by atomic mass is 10.2. The molecule has 31 heavy (non-hydrogen) atoms. The topological polar surface area (TPSA) is 29.5 Å². The Balaban J connectivity index is 3.40. The molecule has 174 valence electrons. The lowest BCUT2D eigenvalue weighted by Crippen LogP contribution is -2.59. The van der Waals surface area contributed by atoms with Crippen molar-refractivity contribution >= 4 is 24.9 Å². The van der Waals surface area contributed by atoms with E-state index in [-0.39, 0.29) is 10.6 Å². The molecule has 0 aliphatic carbocycles. The smallest absolute Gasteiger partial charge is 0.310 e. The van der Waals surface area contributed by atoms with Gasteiger partial charge in [0.1, 0.15) is 14.5 Å². The van der Waals surface area contributed by atoms with Gasteiger partial charge in [0.05, 0.1) is 0 Å². The number of carbonyl (C=O) groups is 1. The Labute approximate surface area is 172 Å². The van der Waals surface area contributed by atoms with Crippen molar-refractivity contribution in [2.45, 2.75) is 37.3 Å². The molecule has 0 heterocycles. The highest BCUT2D eigenvalue weighted by Crippen LogP contribution is 2.44. The largest absolute Gasteiger partial charge is 0.458 e. The van der Waals surface area contributed by atoms with Crippen molar-refractivity contribution in [3.8, 4) is 0 Å². The summed E-state index contributed by atoms with van der Waals surface area (Å²) in [5.74, 6) is -8.43. The first-order chi connectivity index (χ1) is 13.8. The number of carbonyl (C=O) groups excluding carboxylic acids is 1. The average molecular weight is 479 g/mol. The Morgan fingerprint density at radius 2 is 1.58 bits per heavy atom. The summed E-state index contributed by atoms with van der Waals surface area (Å²) >= 11 is 0. The molecular weight excluding hydrogens is 461 g/mol. The number of benzene rings is 1. The predicted octanol–water partition coefficient (Wildman–Crippen LogP) is 5.18. The van der Waals surface area contributed by atoms with Crippen molar-refractivity contribution in [3.63, 3.8) is 0 Å². The molecule has 1 aromatic rings. The van der Waals surface area contributed by atoms with Crippen LogP contribution in [0.5, 0.6) is 0 Å². The molecule has 0 aromatic heterocycles. The standard InChI is InChI=1S/C18H18F9NO2Si/c1-5-31(4,6-2)13-9-7-8-12(10-13)28(3)14(29)17(24,18(25,26)27)30-16(22,23)11-15(19,20)21/h5-10H,1-2,11H2,3-4H3. The Hall–Kier alpha value is -2.28. The molecule has 1 aromatic carbocycles. The van der Waals surface area contributed by atoms with Crippen molar-refractivity contribution < 1.29 is 49.0 Å². The van der Waals surface area contributed by atoms with Gasteiger partial charge in [-0.1, -0.05) is 30.1 Å². The first-order valence-corrected chi connectivity index (χ1v) is 11.0. The lowest BCUT2D eigenvalue weighted by molar-refractivity contribution is -0.406. The van der Waals surface area contributed by atoms with Crippen molar-refractivity contribution in [3.05, 3.63) is 48.8 Å². The van der Waals surface area contributed by atoms with Crippen molar-refractivity contribution in [1.29, 1.82) is 0 Å². The van der Waals surface area contributed by atoms with E-state index in [1.165, 1.54) is 18.2 Å². The highest BCUT2D eigenvalue weighted by Gasteiger charge is 2.69. The summed E-state index contributed by atoms with van der Waals surface area (Å²) < 4.78 is 120. The van der Waals surface area contributed by atoms with Gasteiger partial charge in [0, 0.05) is 12.7 Å². The van der Waals surface area contributed by atoms with Crippen LogP contribution in [0.4, 0.5) is 45.2 Å². The highest BCUT2D eigenvalue weighted by atomic mass is 28.3. The van der Waals surface area contributed by atoms with Crippen molar-refractivity contribution in [2.24, 2.45) is 0 Å². The number of hydrogen-bond donors (Lipinski definition) is 0. The molecule has 0 fully saturated rings. The van der Waals surface area contributed by atoms with E-state index in [2.05, 4.69) is 17.9 Å². The molecule has 1 amide bonds. The maximum absolute atomic E-state index is 14.6. The summed E-state index contributed by atoms with van der Waals surface area (Å²) in [6.07, 6.45) is -21.0. The molecule has 1 unspecified atom stereocenters. The molecule has 0 saturated heterocycles. The zero-order valence-corrected chi connectivity index (χ0v) is 17.3. The predicted molar refractivity (Wildman–Crippen MR) is 98.1 cm³/mol. The number of halogens is 9. The summed E-state index contributed by atoms with van der Waals surface area (Å²) in [6.45, 7) is 9.01. The van der Waals surface area contributed by atoms with Gasteiger partial charge in [-0.3, -0.25) is 9.53 Å².